The Morgan fingerprint density at radius 1 is 1.38 bits per heavy atom. The highest BCUT2D eigenvalue weighted by molar-refractivity contribution is 5.97. The van der Waals surface area contributed by atoms with Crippen molar-refractivity contribution in [3.05, 3.63) is 22.5 Å². The molecule has 8 nitrogen and oxygen atoms in total. The van der Waals surface area contributed by atoms with Gasteiger partial charge in [-0.3, -0.25) is 4.79 Å². The molecule has 0 aliphatic rings. The Morgan fingerprint density at radius 3 is 2.71 bits per heavy atom. The first-order valence-electron chi connectivity index (χ1n) is 5.55. The molecule has 2 rings (SSSR count). The summed E-state index contributed by atoms with van der Waals surface area (Å²) in [4.78, 5) is 26.9. The van der Waals surface area contributed by atoms with E-state index in [2.05, 4.69) is 15.3 Å². The first-order valence-corrected chi connectivity index (χ1v) is 5.55. The van der Waals surface area contributed by atoms with Gasteiger partial charge in [-0.1, -0.05) is 5.21 Å². The molecule has 0 aromatic carbocycles. The molecule has 2 aromatic rings. The SMILES string of the molecule is O=C(NCC(F)(F)F)c1ncn2c(=O)n(CCF)nnc12. The number of nitrogens with one attached hydrogen (secondary N) is 1. The lowest BCUT2D eigenvalue weighted by Gasteiger charge is -2.06. The van der Waals surface area contributed by atoms with Crippen LogP contribution in [0.15, 0.2) is 11.1 Å². The predicted molar refractivity (Wildman–Crippen MR) is 59.4 cm³/mol. The number of rotatable bonds is 4. The molecule has 0 bridgehead atoms. The van der Waals surface area contributed by atoms with Crippen LogP contribution in [0.1, 0.15) is 10.5 Å². The molecule has 21 heavy (non-hydrogen) atoms. The van der Waals surface area contributed by atoms with Gasteiger partial charge in [-0.2, -0.15) is 17.9 Å². The Kier molecular flexibility index (Phi) is 3.86. The zero-order valence-electron chi connectivity index (χ0n) is 10.3. The number of aryl methyl sites for hydroxylation is 1. The standard InChI is InChI=1S/C9H8F4N6O2/c10-1-2-19-8(21)18-4-15-5(6(18)16-17-19)7(20)14-3-9(11,12)13/h4H,1-3H2,(H,14,20). The zero-order chi connectivity index (χ0) is 15.6. The molecule has 1 N–H and O–H groups in total. The van der Waals surface area contributed by atoms with E-state index in [0.29, 0.717) is 4.68 Å². The quantitative estimate of drug-likeness (QED) is 0.772. The number of fused-ring (bicyclic) bond motifs is 1. The Balaban J connectivity index is 2.32. The van der Waals surface area contributed by atoms with Gasteiger partial charge in [-0.25, -0.2) is 18.6 Å². The third kappa shape index (κ3) is 3.14. The largest absolute Gasteiger partial charge is 0.405 e. The van der Waals surface area contributed by atoms with E-state index in [0.717, 1.165) is 10.7 Å². The summed E-state index contributed by atoms with van der Waals surface area (Å²) in [5.41, 5.74) is -1.59. The van der Waals surface area contributed by atoms with E-state index in [1.807, 2.05) is 0 Å². The second kappa shape index (κ2) is 5.46. The maximum Gasteiger partial charge on any atom is 0.405 e. The van der Waals surface area contributed by atoms with Crippen molar-refractivity contribution in [3.8, 4) is 0 Å². The number of imidazole rings is 1. The van der Waals surface area contributed by atoms with Gasteiger partial charge in [0.15, 0.2) is 11.3 Å². The second-order valence-corrected chi connectivity index (χ2v) is 3.87. The number of hydrogen-bond acceptors (Lipinski definition) is 5. The molecule has 0 radical (unpaired) electrons. The minimum absolute atomic E-state index is 0.310. The summed E-state index contributed by atoms with van der Waals surface area (Å²) in [5.74, 6) is -1.15. The minimum Gasteiger partial charge on any atom is -0.341 e. The monoisotopic (exact) mass is 308 g/mol. The van der Waals surface area contributed by atoms with Gasteiger partial charge in [-0.05, 0) is 0 Å². The lowest BCUT2D eigenvalue weighted by Crippen LogP contribution is -2.34. The summed E-state index contributed by atoms with van der Waals surface area (Å²) in [7, 11) is 0. The van der Waals surface area contributed by atoms with Crippen LogP contribution in [0.2, 0.25) is 0 Å². The number of aromatic nitrogens is 5. The van der Waals surface area contributed by atoms with Gasteiger partial charge in [0.05, 0.1) is 6.54 Å². The highest BCUT2D eigenvalue weighted by Crippen LogP contribution is 2.12. The van der Waals surface area contributed by atoms with Gasteiger partial charge < -0.3 is 5.32 Å². The Bertz CT molecular complexity index is 721. The Labute approximate surface area is 113 Å². The van der Waals surface area contributed by atoms with Crippen LogP contribution < -0.4 is 11.0 Å². The number of halogens is 4. The fraction of sp³-hybridized carbons (Fsp3) is 0.444. The van der Waals surface area contributed by atoms with Crippen molar-refractivity contribution in [1.29, 1.82) is 0 Å². The molecular formula is C9H8F4N6O2. The van der Waals surface area contributed by atoms with Crippen LogP contribution in [0, 0.1) is 0 Å². The van der Waals surface area contributed by atoms with Gasteiger partial charge in [-0.15, -0.1) is 5.10 Å². The molecule has 0 aliphatic heterocycles. The summed E-state index contributed by atoms with van der Waals surface area (Å²) >= 11 is 0. The van der Waals surface area contributed by atoms with E-state index in [4.69, 9.17) is 0 Å². The molecule has 0 saturated heterocycles. The van der Waals surface area contributed by atoms with Gasteiger partial charge in [0.2, 0.25) is 0 Å². The summed E-state index contributed by atoms with van der Waals surface area (Å²) in [5, 5.41) is 8.46. The molecular weight excluding hydrogens is 300 g/mol. The molecule has 0 atom stereocenters. The predicted octanol–water partition coefficient (Wildman–Crippen LogP) is -0.452. The topological polar surface area (TPSA) is 94.2 Å². The molecule has 12 heteroatoms. The summed E-state index contributed by atoms with van der Waals surface area (Å²) in [6.45, 7) is -2.74. The molecule has 1 amide bonds. The number of hydrogen-bond donors (Lipinski definition) is 1. The summed E-state index contributed by atoms with van der Waals surface area (Å²) in [6, 6.07) is 0. The molecule has 2 aromatic heterocycles. The van der Waals surface area contributed by atoms with Gasteiger partial charge in [0, 0.05) is 0 Å². The van der Waals surface area contributed by atoms with E-state index in [-0.39, 0.29) is 12.2 Å². The normalized spacial score (nSPS) is 11.8. The second-order valence-electron chi connectivity index (χ2n) is 3.87. The number of carbonyl (C=O) groups excluding carboxylic acids is 1. The van der Waals surface area contributed by atoms with E-state index < -0.39 is 36.7 Å². The van der Waals surface area contributed by atoms with Crippen molar-refractivity contribution in [3.63, 3.8) is 0 Å². The molecule has 114 valence electrons. The van der Waals surface area contributed by atoms with Crippen LogP contribution in [-0.4, -0.2) is 49.7 Å². The smallest absolute Gasteiger partial charge is 0.341 e. The van der Waals surface area contributed by atoms with Crippen LogP contribution in [0.5, 0.6) is 0 Å². The summed E-state index contributed by atoms with van der Waals surface area (Å²) < 4.78 is 49.7. The number of alkyl halides is 4. The Hall–Kier alpha value is -2.53. The van der Waals surface area contributed by atoms with Crippen molar-refractivity contribution in [2.24, 2.45) is 0 Å². The maximum absolute atomic E-state index is 12.2. The molecule has 0 saturated carbocycles. The third-order valence-electron chi connectivity index (χ3n) is 2.38. The van der Waals surface area contributed by atoms with Crippen molar-refractivity contribution >= 4 is 11.6 Å². The van der Waals surface area contributed by atoms with Crippen LogP contribution in [0.4, 0.5) is 17.6 Å². The van der Waals surface area contributed by atoms with E-state index in [1.165, 1.54) is 0 Å². The van der Waals surface area contributed by atoms with Crippen molar-refractivity contribution in [1.82, 2.24) is 29.7 Å². The first kappa shape index (κ1) is 14.9. The van der Waals surface area contributed by atoms with Gasteiger partial charge in [0.1, 0.15) is 19.5 Å². The number of amides is 1. The van der Waals surface area contributed by atoms with Crippen LogP contribution in [-0.2, 0) is 6.54 Å². The molecule has 0 unspecified atom stereocenters. The fourth-order valence-corrected chi connectivity index (χ4v) is 1.48. The number of nitrogens with zero attached hydrogens (tertiary/aromatic N) is 5. The first-order chi connectivity index (χ1) is 9.83. The summed E-state index contributed by atoms with van der Waals surface area (Å²) in [6.07, 6.45) is -3.67. The molecule has 2 heterocycles. The van der Waals surface area contributed by atoms with Gasteiger partial charge >= 0.3 is 11.9 Å². The lowest BCUT2D eigenvalue weighted by atomic mass is 10.4. The average Bonchev–Trinajstić information content (AvgIpc) is 2.83. The highest BCUT2D eigenvalue weighted by atomic mass is 19.4. The minimum atomic E-state index is -4.58. The average molecular weight is 308 g/mol. The van der Waals surface area contributed by atoms with Crippen molar-refractivity contribution in [2.75, 3.05) is 13.2 Å². The van der Waals surface area contributed by atoms with Gasteiger partial charge in [0.25, 0.3) is 5.91 Å². The van der Waals surface area contributed by atoms with E-state index >= 15 is 0 Å². The zero-order valence-corrected chi connectivity index (χ0v) is 10.3. The van der Waals surface area contributed by atoms with Crippen molar-refractivity contribution < 1.29 is 22.4 Å². The molecule has 0 spiro atoms. The number of carbonyl (C=O) groups is 1. The lowest BCUT2D eigenvalue weighted by molar-refractivity contribution is -0.123. The van der Waals surface area contributed by atoms with Crippen LogP contribution in [0.3, 0.4) is 0 Å². The van der Waals surface area contributed by atoms with E-state index in [9.17, 15) is 27.2 Å². The maximum atomic E-state index is 12.2. The van der Waals surface area contributed by atoms with Crippen LogP contribution in [0.25, 0.3) is 5.65 Å². The Morgan fingerprint density at radius 2 is 2.10 bits per heavy atom. The molecule has 0 aliphatic carbocycles. The molecule has 0 fully saturated rings. The highest BCUT2D eigenvalue weighted by Gasteiger charge is 2.29. The third-order valence-corrected chi connectivity index (χ3v) is 2.38. The fourth-order valence-electron chi connectivity index (χ4n) is 1.48. The van der Waals surface area contributed by atoms with E-state index in [1.54, 1.807) is 5.32 Å². The van der Waals surface area contributed by atoms with Crippen molar-refractivity contribution in [2.45, 2.75) is 12.7 Å². The van der Waals surface area contributed by atoms with Crippen LogP contribution >= 0.6 is 0 Å².